The predicted octanol–water partition coefficient (Wildman–Crippen LogP) is 0.665. The van der Waals surface area contributed by atoms with Crippen LogP contribution in [-0.4, -0.2) is 36.9 Å². The van der Waals surface area contributed by atoms with Gasteiger partial charge in [0.15, 0.2) is 6.61 Å². The van der Waals surface area contributed by atoms with E-state index in [0.717, 1.165) is 0 Å². The molecule has 1 rings (SSSR count). The van der Waals surface area contributed by atoms with Gasteiger partial charge in [0.25, 0.3) is 5.91 Å². The maximum Gasteiger partial charge on any atom is 0.258 e. The summed E-state index contributed by atoms with van der Waals surface area (Å²) in [7, 11) is 0. The summed E-state index contributed by atoms with van der Waals surface area (Å²) in [5.41, 5.74) is 0.486. The van der Waals surface area contributed by atoms with Crippen molar-refractivity contribution < 1.29 is 19.1 Å². The van der Waals surface area contributed by atoms with E-state index >= 15 is 0 Å². The Balaban J connectivity index is 2.54. The Hall–Kier alpha value is -2.57. The van der Waals surface area contributed by atoms with Crippen LogP contribution in [0.1, 0.15) is 20.8 Å². The first kappa shape index (κ1) is 17.5. The number of rotatable bonds is 7. The number of nitrogens with one attached hydrogen (secondary N) is 3. The lowest BCUT2D eigenvalue weighted by molar-refractivity contribution is -0.129. The number of hydrogen-bond donors (Lipinski definition) is 3. The Kier molecular flexibility index (Phi) is 6.88. The first-order valence-electron chi connectivity index (χ1n) is 7.00. The van der Waals surface area contributed by atoms with Gasteiger partial charge >= 0.3 is 0 Å². The van der Waals surface area contributed by atoms with Crippen molar-refractivity contribution in [1.29, 1.82) is 0 Å². The Morgan fingerprint density at radius 3 is 2.55 bits per heavy atom. The highest BCUT2D eigenvalue weighted by Gasteiger charge is 2.15. The molecule has 0 saturated carbocycles. The summed E-state index contributed by atoms with van der Waals surface area (Å²) in [5.74, 6) is -0.519. The Morgan fingerprint density at radius 1 is 1.23 bits per heavy atom. The van der Waals surface area contributed by atoms with Crippen molar-refractivity contribution in [2.45, 2.75) is 26.8 Å². The van der Waals surface area contributed by atoms with E-state index in [-0.39, 0.29) is 18.4 Å². The van der Waals surface area contributed by atoms with Gasteiger partial charge in [-0.25, -0.2) is 0 Å². The van der Waals surface area contributed by atoms with Crippen LogP contribution in [0.15, 0.2) is 24.3 Å². The minimum Gasteiger partial charge on any atom is -0.482 e. The van der Waals surface area contributed by atoms with Crippen LogP contribution in [0.3, 0.4) is 0 Å². The Labute approximate surface area is 129 Å². The predicted molar refractivity (Wildman–Crippen MR) is 82.5 cm³/mol. The van der Waals surface area contributed by atoms with Gasteiger partial charge in [0.2, 0.25) is 11.8 Å². The summed E-state index contributed by atoms with van der Waals surface area (Å²) in [6.45, 7) is 5.03. The van der Waals surface area contributed by atoms with Crippen LogP contribution in [0.2, 0.25) is 0 Å². The molecule has 0 heterocycles. The maximum absolute atomic E-state index is 11.8. The number of amides is 3. The number of benzene rings is 1. The summed E-state index contributed by atoms with van der Waals surface area (Å²) in [6.07, 6.45) is 0. The molecular weight excluding hydrogens is 286 g/mol. The zero-order valence-electron chi connectivity index (χ0n) is 12.9. The van der Waals surface area contributed by atoms with Gasteiger partial charge in [-0.05, 0) is 26.0 Å². The average molecular weight is 307 g/mol. The molecule has 0 fully saturated rings. The third-order valence-electron chi connectivity index (χ3n) is 2.68. The lowest BCUT2D eigenvalue weighted by Crippen LogP contribution is -2.46. The lowest BCUT2D eigenvalue weighted by atomic mass is 10.3. The normalized spacial score (nSPS) is 11.2. The molecule has 0 spiro atoms. The summed E-state index contributed by atoms with van der Waals surface area (Å²) in [6, 6.07) is 6.16. The number of para-hydroxylation sites is 2. The number of likely N-dealkylation sites (N-methyl/N-ethyl adjacent to an activating group) is 1. The highest BCUT2D eigenvalue weighted by atomic mass is 16.5. The van der Waals surface area contributed by atoms with Crippen molar-refractivity contribution in [3.8, 4) is 5.75 Å². The van der Waals surface area contributed by atoms with Gasteiger partial charge in [-0.1, -0.05) is 12.1 Å². The van der Waals surface area contributed by atoms with Crippen molar-refractivity contribution in [3.05, 3.63) is 24.3 Å². The first-order valence-corrected chi connectivity index (χ1v) is 7.00. The quantitative estimate of drug-likeness (QED) is 0.689. The molecule has 7 heteroatoms. The highest BCUT2D eigenvalue weighted by molar-refractivity contribution is 5.90. The molecule has 1 atom stereocenters. The minimum atomic E-state index is -0.637. The number of carbonyl (C=O) groups is 3. The highest BCUT2D eigenvalue weighted by Crippen LogP contribution is 2.23. The largest absolute Gasteiger partial charge is 0.482 e. The van der Waals surface area contributed by atoms with Crippen LogP contribution in [-0.2, 0) is 14.4 Å². The summed E-state index contributed by atoms with van der Waals surface area (Å²) in [5, 5.41) is 7.76. The van der Waals surface area contributed by atoms with Gasteiger partial charge in [0, 0.05) is 13.5 Å². The van der Waals surface area contributed by atoms with Crippen LogP contribution >= 0.6 is 0 Å². The van der Waals surface area contributed by atoms with Crippen LogP contribution in [0.4, 0.5) is 5.69 Å². The van der Waals surface area contributed by atoms with E-state index < -0.39 is 11.9 Å². The fourth-order valence-electron chi connectivity index (χ4n) is 1.70. The number of ether oxygens (including phenoxy) is 1. The van der Waals surface area contributed by atoms with Gasteiger partial charge < -0.3 is 20.7 Å². The fourth-order valence-corrected chi connectivity index (χ4v) is 1.70. The Bertz CT molecular complexity index is 545. The second kappa shape index (κ2) is 8.66. The average Bonchev–Trinajstić information content (AvgIpc) is 2.46. The van der Waals surface area contributed by atoms with E-state index in [1.54, 1.807) is 38.1 Å². The molecule has 0 saturated heterocycles. The molecule has 22 heavy (non-hydrogen) atoms. The molecule has 0 aromatic heterocycles. The topological polar surface area (TPSA) is 96.5 Å². The standard InChI is InChI=1S/C15H21N3O4/c1-4-16-15(21)10(2)17-14(20)9-22-13-8-6-5-7-12(13)18-11(3)19/h5-8,10H,4,9H2,1-3H3,(H,16,21)(H,17,20)(H,18,19)/t10-/m0/s1. The van der Waals surface area contributed by atoms with Gasteiger partial charge in [-0.15, -0.1) is 0 Å². The number of anilines is 1. The van der Waals surface area contributed by atoms with Crippen molar-refractivity contribution in [1.82, 2.24) is 10.6 Å². The molecule has 0 radical (unpaired) electrons. The third-order valence-corrected chi connectivity index (χ3v) is 2.68. The molecule has 120 valence electrons. The summed E-state index contributed by atoms with van der Waals surface area (Å²) in [4.78, 5) is 34.4. The molecule has 3 N–H and O–H groups in total. The third kappa shape index (κ3) is 5.82. The van der Waals surface area contributed by atoms with Crippen molar-refractivity contribution >= 4 is 23.4 Å². The fraction of sp³-hybridized carbons (Fsp3) is 0.400. The molecule has 1 aromatic carbocycles. The van der Waals surface area contributed by atoms with Crippen molar-refractivity contribution in [2.24, 2.45) is 0 Å². The van der Waals surface area contributed by atoms with Crippen molar-refractivity contribution in [3.63, 3.8) is 0 Å². The van der Waals surface area contributed by atoms with E-state index in [4.69, 9.17) is 4.74 Å². The molecule has 0 aliphatic rings. The van der Waals surface area contributed by atoms with E-state index in [0.29, 0.717) is 18.0 Å². The number of hydrogen-bond acceptors (Lipinski definition) is 4. The van der Waals surface area contributed by atoms with Gasteiger partial charge in [0.1, 0.15) is 11.8 Å². The molecule has 0 unspecified atom stereocenters. The lowest BCUT2D eigenvalue weighted by Gasteiger charge is -2.15. The molecule has 3 amide bonds. The molecule has 7 nitrogen and oxygen atoms in total. The minimum absolute atomic E-state index is 0.231. The first-order chi connectivity index (χ1) is 10.4. The monoisotopic (exact) mass is 307 g/mol. The van der Waals surface area contributed by atoms with Crippen molar-refractivity contribution in [2.75, 3.05) is 18.5 Å². The SMILES string of the molecule is CCNC(=O)[C@H](C)NC(=O)COc1ccccc1NC(C)=O. The smallest absolute Gasteiger partial charge is 0.258 e. The second-order valence-corrected chi connectivity index (χ2v) is 4.65. The molecule has 0 bridgehead atoms. The van der Waals surface area contributed by atoms with Gasteiger partial charge in [-0.3, -0.25) is 14.4 Å². The van der Waals surface area contributed by atoms with E-state index in [1.807, 2.05) is 0 Å². The van der Waals surface area contributed by atoms with Gasteiger partial charge in [0.05, 0.1) is 5.69 Å². The zero-order valence-corrected chi connectivity index (χ0v) is 12.9. The Morgan fingerprint density at radius 2 is 1.91 bits per heavy atom. The molecule has 0 aliphatic heterocycles. The second-order valence-electron chi connectivity index (χ2n) is 4.65. The van der Waals surface area contributed by atoms with E-state index in [9.17, 15) is 14.4 Å². The zero-order chi connectivity index (χ0) is 16.5. The maximum atomic E-state index is 11.8. The summed E-state index contributed by atoms with van der Waals surface area (Å²) >= 11 is 0. The van der Waals surface area contributed by atoms with Crippen LogP contribution in [0, 0.1) is 0 Å². The van der Waals surface area contributed by atoms with E-state index in [1.165, 1.54) is 6.92 Å². The van der Waals surface area contributed by atoms with E-state index in [2.05, 4.69) is 16.0 Å². The summed E-state index contributed by atoms with van der Waals surface area (Å²) < 4.78 is 5.38. The van der Waals surface area contributed by atoms with Crippen LogP contribution in [0.5, 0.6) is 5.75 Å². The molecule has 1 aromatic rings. The van der Waals surface area contributed by atoms with Gasteiger partial charge in [-0.2, -0.15) is 0 Å². The number of carbonyl (C=O) groups excluding carboxylic acids is 3. The van der Waals surface area contributed by atoms with Crippen LogP contribution in [0.25, 0.3) is 0 Å². The molecular formula is C15H21N3O4. The van der Waals surface area contributed by atoms with Crippen LogP contribution < -0.4 is 20.7 Å². The molecule has 0 aliphatic carbocycles.